The summed E-state index contributed by atoms with van der Waals surface area (Å²) in [6, 6.07) is 10.3. The van der Waals surface area contributed by atoms with Crippen LogP contribution in [0.5, 0.6) is 5.75 Å². The van der Waals surface area contributed by atoms with Gasteiger partial charge >= 0.3 is 0 Å². The molecule has 0 radical (unpaired) electrons. The zero-order chi connectivity index (χ0) is 22.0. The Hall–Kier alpha value is -2.44. The highest BCUT2D eigenvalue weighted by Crippen LogP contribution is 2.36. The van der Waals surface area contributed by atoms with Crippen LogP contribution in [0.4, 0.5) is 0 Å². The van der Waals surface area contributed by atoms with E-state index in [1.54, 1.807) is 0 Å². The fourth-order valence-electron chi connectivity index (χ4n) is 5.26. The molecule has 0 bridgehead atoms. The number of ether oxygens (including phenoxy) is 2. The van der Waals surface area contributed by atoms with E-state index in [0.717, 1.165) is 76.4 Å². The minimum absolute atomic E-state index is 0.113. The van der Waals surface area contributed by atoms with E-state index < -0.39 is 0 Å². The lowest BCUT2D eigenvalue weighted by Crippen LogP contribution is -2.66. The number of hydrogen-bond donors (Lipinski definition) is 0. The topological polar surface area (TPSA) is 54.9 Å². The Morgan fingerprint density at radius 1 is 1.28 bits per heavy atom. The van der Waals surface area contributed by atoms with E-state index in [0.29, 0.717) is 12.3 Å². The summed E-state index contributed by atoms with van der Waals surface area (Å²) in [6.45, 7) is 4.98. The maximum atomic E-state index is 12.8. The van der Waals surface area contributed by atoms with Gasteiger partial charge in [-0.05, 0) is 67.5 Å². The first-order valence-corrected chi connectivity index (χ1v) is 11.8. The first kappa shape index (κ1) is 21.4. The number of rotatable bonds is 6. The Labute approximate surface area is 190 Å². The summed E-state index contributed by atoms with van der Waals surface area (Å²) in [5, 5.41) is 0. The molecule has 0 unspecified atom stereocenters. The molecule has 3 aliphatic rings. The Kier molecular flexibility index (Phi) is 6.15. The van der Waals surface area contributed by atoms with Gasteiger partial charge in [0.25, 0.3) is 0 Å². The van der Waals surface area contributed by atoms with Crippen LogP contribution in [-0.4, -0.2) is 66.2 Å². The lowest BCUT2D eigenvalue weighted by Gasteiger charge is -2.53. The predicted octanol–water partition coefficient (Wildman–Crippen LogP) is 3.09. The largest absolute Gasteiger partial charge is 0.493 e. The summed E-state index contributed by atoms with van der Waals surface area (Å²) in [5.74, 6) is 1.73. The fourth-order valence-corrected chi connectivity index (χ4v) is 5.26. The van der Waals surface area contributed by atoms with Crippen LogP contribution in [0.1, 0.15) is 36.0 Å². The summed E-state index contributed by atoms with van der Waals surface area (Å²) in [5.41, 5.74) is 3.44. The molecule has 2 fully saturated rings. The molecule has 1 spiro atoms. The molecule has 5 rings (SSSR count). The van der Waals surface area contributed by atoms with Crippen molar-refractivity contribution < 1.29 is 14.3 Å². The number of pyridine rings is 1. The summed E-state index contributed by atoms with van der Waals surface area (Å²) < 4.78 is 12.0. The second-order valence-corrected chi connectivity index (χ2v) is 9.78. The summed E-state index contributed by atoms with van der Waals surface area (Å²) >= 11 is 0. The highest BCUT2D eigenvalue weighted by Gasteiger charge is 2.48. The number of likely N-dealkylation sites (tertiary alicyclic amines) is 1. The molecule has 0 saturated carbocycles. The molecule has 3 aliphatic heterocycles. The van der Waals surface area contributed by atoms with E-state index in [1.165, 1.54) is 11.1 Å². The maximum absolute atomic E-state index is 12.8. The third-order valence-electron chi connectivity index (χ3n) is 7.02. The van der Waals surface area contributed by atoms with Crippen LogP contribution in [0.3, 0.4) is 0 Å². The normalized spacial score (nSPS) is 21.7. The van der Waals surface area contributed by atoms with Gasteiger partial charge in [0.15, 0.2) is 0 Å². The van der Waals surface area contributed by atoms with E-state index in [4.69, 9.17) is 9.47 Å². The number of aryl methyl sites for hydroxylation is 1. The number of amides is 1. The number of carbonyl (C=O) groups is 1. The molecule has 1 atom stereocenters. The number of carbonyl (C=O) groups excluding carboxylic acids is 1. The SMILES string of the molecule is CN(Cc1cccnc1)C[C@H]1CCC2(CN(C(=O)Cc3ccc4c(c3)CCCO4)C2)OC1. The Bertz CT molecular complexity index is 933. The van der Waals surface area contributed by atoms with E-state index >= 15 is 0 Å². The number of benzene rings is 1. The average Bonchev–Trinajstić information content (AvgIpc) is 2.78. The molecule has 170 valence electrons. The Balaban J connectivity index is 1.06. The molecule has 6 heteroatoms. The number of fused-ring (bicyclic) bond motifs is 1. The van der Waals surface area contributed by atoms with Gasteiger partial charge in [-0.3, -0.25) is 9.78 Å². The summed E-state index contributed by atoms with van der Waals surface area (Å²) in [6.07, 6.45) is 8.49. The second kappa shape index (κ2) is 9.20. The smallest absolute Gasteiger partial charge is 0.227 e. The van der Waals surface area contributed by atoms with Crippen molar-refractivity contribution in [3.8, 4) is 5.75 Å². The standard InChI is InChI=1S/C26H33N3O3/c1-28(15-21-4-2-10-27-14-21)16-22-8-9-26(32-17-22)18-29(19-26)25(30)13-20-6-7-24-23(12-20)5-3-11-31-24/h2,4,6-7,10,12,14,22H,3,5,8-9,11,13,15-19H2,1H3/t22-/m1/s1. The van der Waals surface area contributed by atoms with Crippen molar-refractivity contribution in [1.29, 1.82) is 0 Å². The zero-order valence-corrected chi connectivity index (χ0v) is 19.0. The van der Waals surface area contributed by atoms with Crippen molar-refractivity contribution in [2.24, 2.45) is 5.92 Å². The van der Waals surface area contributed by atoms with Crippen molar-refractivity contribution in [3.63, 3.8) is 0 Å². The van der Waals surface area contributed by atoms with Gasteiger partial charge in [-0.15, -0.1) is 0 Å². The number of nitrogens with zero attached hydrogens (tertiary/aromatic N) is 3. The lowest BCUT2D eigenvalue weighted by molar-refractivity contribution is -0.189. The first-order valence-electron chi connectivity index (χ1n) is 11.8. The minimum Gasteiger partial charge on any atom is -0.493 e. The summed E-state index contributed by atoms with van der Waals surface area (Å²) in [7, 11) is 2.16. The average molecular weight is 436 g/mol. The van der Waals surface area contributed by atoms with Gasteiger partial charge in [0.05, 0.1) is 32.7 Å². The van der Waals surface area contributed by atoms with E-state index in [9.17, 15) is 4.79 Å². The Morgan fingerprint density at radius 2 is 2.19 bits per heavy atom. The fraction of sp³-hybridized carbons (Fsp3) is 0.538. The highest BCUT2D eigenvalue weighted by atomic mass is 16.5. The van der Waals surface area contributed by atoms with Crippen molar-refractivity contribution in [3.05, 3.63) is 59.4 Å². The van der Waals surface area contributed by atoms with Gasteiger partial charge in [-0.1, -0.05) is 18.2 Å². The van der Waals surface area contributed by atoms with Crippen LogP contribution in [0.15, 0.2) is 42.7 Å². The first-order chi connectivity index (χ1) is 15.6. The van der Waals surface area contributed by atoms with Gasteiger partial charge in [-0.25, -0.2) is 0 Å². The Morgan fingerprint density at radius 3 is 2.97 bits per heavy atom. The number of aromatic nitrogens is 1. The van der Waals surface area contributed by atoms with Crippen LogP contribution in [0, 0.1) is 5.92 Å². The van der Waals surface area contributed by atoms with E-state index in [2.05, 4.69) is 29.1 Å². The van der Waals surface area contributed by atoms with Crippen molar-refractivity contribution in [2.45, 2.75) is 44.2 Å². The van der Waals surface area contributed by atoms with Crippen LogP contribution in [0.2, 0.25) is 0 Å². The molecule has 2 aromatic rings. The van der Waals surface area contributed by atoms with E-state index in [1.807, 2.05) is 35.5 Å². The van der Waals surface area contributed by atoms with Crippen LogP contribution < -0.4 is 4.74 Å². The zero-order valence-electron chi connectivity index (χ0n) is 19.0. The van der Waals surface area contributed by atoms with Crippen molar-refractivity contribution in [1.82, 2.24) is 14.8 Å². The predicted molar refractivity (Wildman–Crippen MR) is 123 cm³/mol. The molecule has 6 nitrogen and oxygen atoms in total. The van der Waals surface area contributed by atoms with Gasteiger partial charge in [0, 0.05) is 25.5 Å². The second-order valence-electron chi connectivity index (χ2n) is 9.78. The van der Waals surface area contributed by atoms with Gasteiger partial charge in [0.1, 0.15) is 11.4 Å². The third-order valence-corrected chi connectivity index (χ3v) is 7.02. The molecular formula is C26H33N3O3. The molecule has 1 aromatic carbocycles. The third kappa shape index (κ3) is 4.81. The van der Waals surface area contributed by atoms with Crippen LogP contribution in [0.25, 0.3) is 0 Å². The summed E-state index contributed by atoms with van der Waals surface area (Å²) in [4.78, 5) is 21.3. The van der Waals surface area contributed by atoms with Crippen LogP contribution in [-0.2, 0) is 28.9 Å². The highest BCUT2D eigenvalue weighted by molar-refractivity contribution is 5.80. The van der Waals surface area contributed by atoms with Crippen molar-refractivity contribution >= 4 is 5.91 Å². The van der Waals surface area contributed by atoms with E-state index in [-0.39, 0.29) is 11.5 Å². The van der Waals surface area contributed by atoms with Gasteiger partial charge in [0.2, 0.25) is 5.91 Å². The molecule has 1 aromatic heterocycles. The quantitative estimate of drug-likeness (QED) is 0.698. The number of hydrogen-bond acceptors (Lipinski definition) is 5. The van der Waals surface area contributed by atoms with Crippen molar-refractivity contribution in [2.75, 3.05) is 39.9 Å². The van der Waals surface area contributed by atoms with Gasteiger partial charge in [-0.2, -0.15) is 0 Å². The molecule has 2 saturated heterocycles. The monoisotopic (exact) mass is 435 g/mol. The minimum atomic E-state index is -0.113. The maximum Gasteiger partial charge on any atom is 0.227 e. The molecule has 1 amide bonds. The molecule has 32 heavy (non-hydrogen) atoms. The molecule has 0 aliphatic carbocycles. The molecule has 4 heterocycles. The van der Waals surface area contributed by atoms with Crippen LogP contribution >= 0.6 is 0 Å². The molecule has 0 N–H and O–H groups in total. The molecular weight excluding hydrogens is 402 g/mol. The van der Waals surface area contributed by atoms with Gasteiger partial charge < -0.3 is 19.3 Å². The lowest BCUT2D eigenvalue weighted by atomic mass is 9.82.